The summed E-state index contributed by atoms with van der Waals surface area (Å²) in [5.41, 5.74) is 0. The Kier molecular flexibility index (Phi) is 5.78. The molecule has 17 heavy (non-hydrogen) atoms. The highest BCUT2D eigenvalue weighted by molar-refractivity contribution is 4.89. The molecule has 6 atom stereocenters. The van der Waals surface area contributed by atoms with Gasteiger partial charge in [-0.3, -0.25) is 0 Å². The third-order valence-electron chi connectivity index (χ3n) is 2.91. The van der Waals surface area contributed by atoms with Crippen LogP contribution in [0.5, 0.6) is 0 Å². The van der Waals surface area contributed by atoms with E-state index in [4.69, 9.17) is 14.6 Å². The topological polar surface area (TPSA) is 99.4 Å². The number of aliphatic hydroxyl groups excluding tert-OH is 4. The zero-order valence-electron chi connectivity index (χ0n) is 10.2. The number of rotatable bonds is 5. The fourth-order valence-electron chi connectivity index (χ4n) is 1.88. The van der Waals surface area contributed by atoms with E-state index in [0.717, 1.165) is 12.8 Å². The van der Waals surface area contributed by atoms with E-state index in [-0.39, 0.29) is 6.10 Å². The van der Waals surface area contributed by atoms with Crippen LogP contribution in [-0.2, 0) is 9.47 Å². The predicted molar refractivity (Wildman–Crippen MR) is 59.2 cm³/mol. The molecule has 0 amide bonds. The summed E-state index contributed by atoms with van der Waals surface area (Å²) in [6, 6.07) is 0. The normalized spacial score (nSPS) is 40.2. The first kappa shape index (κ1) is 14.8. The van der Waals surface area contributed by atoms with Crippen LogP contribution in [-0.4, -0.2) is 63.8 Å². The molecule has 0 aromatic carbocycles. The van der Waals surface area contributed by atoms with Gasteiger partial charge in [-0.25, -0.2) is 0 Å². The zero-order valence-corrected chi connectivity index (χ0v) is 10.2. The maximum absolute atomic E-state index is 9.70. The van der Waals surface area contributed by atoms with Crippen LogP contribution in [0.1, 0.15) is 26.7 Å². The highest BCUT2D eigenvalue weighted by atomic mass is 16.7. The van der Waals surface area contributed by atoms with E-state index in [1.165, 1.54) is 0 Å². The van der Waals surface area contributed by atoms with Gasteiger partial charge in [-0.05, 0) is 13.3 Å². The molecule has 0 aliphatic carbocycles. The Morgan fingerprint density at radius 3 is 2.35 bits per heavy atom. The average Bonchev–Trinajstić information content (AvgIpc) is 2.30. The number of hydrogen-bond acceptors (Lipinski definition) is 6. The largest absolute Gasteiger partial charge is 0.394 e. The van der Waals surface area contributed by atoms with Crippen molar-refractivity contribution in [2.24, 2.45) is 0 Å². The minimum Gasteiger partial charge on any atom is -0.394 e. The zero-order chi connectivity index (χ0) is 13.0. The minimum atomic E-state index is -1.38. The van der Waals surface area contributed by atoms with Gasteiger partial charge in [0.15, 0.2) is 6.29 Å². The van der Waals surface area contributed by atoms with Crippen LogP contribution in [0, 0.1) is 0 Å². The lowest BCUT2D eigenvalue weighted by Gasteiger charge is -2.40. The summed E-state index contributed by atoms with van der Waals surface area (Å²) in [5, 5.41) is 37.8. The number of aliphatic hydroxyl groups is 4. The lowest BCUT2D eigenvalue weighted by molar-refractivity contribution is -0.310. The van der Waals surface area contributed by atoms with Gasteiger partial charge in [-0.15, -0.1) is 0 Å². The number of hydrogen-bond donors (Lipinski definition) is 4. The fraction of sp³-hybridized carbons (Fsp3) is 1.00. The van der Waals surface area contributed by atoms with Crippen LogP contribution < -0.4 is 0 Å². The molecule has 0 bridgehead atoms. The monoisotopic (exact) mass is 250 g/mol. The van der Waals surface area contributed by atoms with E-state index in [0.29, 0.717) is 0 Å². The van der Waals surface area contributed by atoms with Gasteiger partial charge in [0.1, 0.15) is 24.4 Å². The maximum Gasteiger partial charge on any atom is 0.186 e. The van der Waals surface area contributed by atoms with Crippen LogP contribution in [0.25, 0.3) is 0 Å². The molecule has 4 N–H and O–H groups in total. The molecule has 1 aliphatic heterocycles. The van der Waals surface area contributed by atoms with Gasteiger partial charge in [0.2, 0.25) is 0 Å². The Labute approximate surface area is 101 Å². The molecule has 1 saturated heterocycles. The predicted octanol–water partition coefficient (Wildman–Crippen LogP) is -1.01. The quantitative estimate of drug-likeness (QED) is 0.499. The molecule has 0 aromatic heterocycles. The van der Waals surface area contributed by atoms with Crippen molar-refractivity contribution in [3.63, 3.8) is 0 Å². The molecule has 0 spiro atoms. The average molecular weight is 250 g/mol. The summed E-state index contributed by atoms with van der Waals surface area (Å²) < 4.78 is 10.7. The minimum absolute atomic E-state index is 0.124. The number of ether oxygens (including phenoxy) is 2. The second kappa shape index (κ2) is 6.63. The highest BCUT2D eigenvalue weighted by Crippen LogP contribution is 2.23. The molecule has 6 heteroatoms. The lowest BCUT2D eigenvalue weighted by Crippen LogP contribution is -2.59. The molecule has 0 aromatic rings. The first-order valence-electron chi connectivity index (χ1n) is 5.97. The van der Waals surface area contributed by atoms with Crippen LogP contribution in [0.3, 0.4) is 0 Å². The van der Waals surface area contributed by atoms with Crippen LogP contribution >= 0.6 is 0 Å². The van der Waals surface area contributed by atoms with E-state index in [9.17, 15) is 15.3 Å². The van der Waals surface area contributed by atoms with Gasteiger partial charge in [-0.2, -0.15) is 0 Å². The van der Waals surface area contributed by atoms with Crippen LogP contribution in [0.15, 0.2) is 0 Å². The Morgan fingerprint density at radius 1 is 1.18 bits per heavy atom. The van der Waals surface area contributed by atoms with Gasteiger partial charge in [0.05, 0.1) is 12.7 Å². The van der Waals surface area contributed by atoms with E-state index in [2.05, 4.69) is 0 Å². The van der Waals surface area contributed by atoms with Crippen molar-refractivity contribution in [3.8, 4) is 0 Å². The molecular weight excluding hydrogens is 228 g/mol. The summed E-state index contributed by atoms with van der Waals surface area (Å²) in [6.45, 7) is 3.41. The molecule has 102 valence electrons. The third kappa shape index (κ3) is 3.61. The smallest absolute Gasteiger partial charge is 0.186 e. The first-order valence-corrected chi connectivity index (χ1v) is 5.97. The summed E-state index contributed by atoms with van der Waals surface area (Å²) >= 11 is 0. The fourth-order valence-corrected chi connectivity index (χ4v) is 1.88. The Balaban J connectivity index is 2.59. The summed E-state index contributed by atoms with van der Waals surface area (Å²) in [5.74, 6) is 0. The van der Waals surface area contributed by atoms with Crippen molar-refractivity contribution < 1.29 is 29.9 Å². The Morgan fingerprint density at radius 2 is 1.82 bits per heavy atom. The molecule has 1 aliphatic rings. The van der Waals surface area contributed by atoms with E-state index in [1.54, 1.807) is 0 Å². The SMILES string of the molecule is CCCC(C)OC1O[C@H](CO)[C@@H](O)[C@@H](O)[C@@H]1O. The molecule has 1 heterocycles. The van der Waals surface area contributed by atoms with Crippen molar-refractivity contribution in [1.82, 2.24) is 0 Å². The molecular formula is C11H22O6. The van der Waals surface area contributed by atoms with Crippen molar-refractivity contribution >= 4 is 0 Å². The molecule has 1 rings (SSSR count). The molecule has 2 unspecified atom stereocenters. The lowest BCUT2D eigenvalue weighted by atomic mass is 9.99. The molecule has 1 fully saturated rings. The summed E-state index contributed by atoms with van der Waals surface area (Å²) in [7, 11) is 0. The second-order valence-electron chi connectivity index (χ2n) is 4.43. The standard InChI is InChI=1S/C11H22O6/c1-3-4-6(2)16-11-10(15)9(14)8(13)7(5-12)17-11/h6-15H,3-5H2,1-2H3/t6?,7-,8-,9-,10+,11?/m1/s1. The second-order valence-corrected chi connectivity index (χ2v) is 4.43. The van der Waals surface area contributed by atoms with E-state index >= 15 is 0 Å². The first-order chi connectivity index (χ1) is 8.01. The van der Waals surface area contributed by atoms with E-state index < -0.39 is 37.3 Å². The van der Waals surface area contributed by atoms with Crippen molar-refractivity contribution in [2.45, 2.75) is 63.5 Å². The molecule has 0 saturated carbocycles. The molecule has 6 nitrogen and oxygen atoms in total. The van der Waals surface area contributed by atoms with Crippen LogP contribution in [0.4, 0.5) is 0 Å². The summed E-state index contributed by atoms with van der Waals surface area (Å²) in [4.78, 5) is 0. The van der Waals surface area contributed by atoms with Crippen molar-refractivity contribution in [3.05, 3.63) is 0 Å². The third-order valence-corrected chi connectivity index (χ3v) is 2.91. The maximum atomic E-state index is 9.70. The Hall–Kier alpha value is -0.240. The van der Waals surface area contributed by atoms with Gasteiger partial charge in [-0.1, -0.05) is 13.3 Å². The van der Waals surface area contributed by atoms with Gasteiger partial charge >= 0.3 is 0 Å². The van der Waals surface area contributed by atoms with Gasteiger partial charge in [0.25, 0.3) is 0 Å². The van der Waals surface area contributed by atoms with Crippen LogP contribution in [0.2, 0.25) is 0 Å². The van der Waals surface area contributed by atoms with Crippen molar-refractivity contribution in [2.75, 3.05) is 6.61 Å². The van der Waals surface area contributed by atoms with E-state index in [1.807, 2.05) is 13.8 Å². The van der Waals surface area contributed by atoms with Gasteiger partial charge in [0, 0.05) is 0 Å². The highest BCUT2D eigenvalue weighted by Gasteiger charge is 2.44. The molecule has 0 radical (unpaired) electrons. The summed E-state index contributed by atoms with van der Waals surface area (Å²) in [6.07, 6.45) is -4.35. The Bertz CT molecular complexity index is 222. The van der Waals surface area contributed by atoms with Crippen molar-refractivity contribution in [1.29, 1.82) is 0 Å². The van der Waals surface area contributed by atoms with Gasteiger partial charge < -0.3 is 29.9 Å².